The van der Waals surface area contributed by atoms with E-state index in [9.17, 15) is 9.59 Å². The van der Waals surface area contributed by atoms with E-state index >= 15 is 0 Å². The number of carbonyl (C=O) groups is 2. The summed E-state index contributed by atoms with van der Waals surface area (Å²) in [5.74, 6) is 2.25. The Hall–Kier alpha value is -5.56. The van der Waals surface area contributed by atoms with Crippen LogP contribution in [0.4, 0.5) is 22.2 Å². The van der Waals surface area contributed by atoms with Crippen molar-refractivity contribution in [1.82, 2.24) is 19.8 Å². The van der Waals surface area contributed by atoms with Gasteiger partial charge in [0.1, 0.15) is 17.3 Å². The summed E-state index contributed by atoms with van der Waals surface area (Å²) in [4.78, 5) is 41.3. The highest BCUT2D eigenvalue weighted by Gasteiger charge is 2.26. The van der Waals surface area contributed by atoms with Crippen molar-refractivity contribution < 1.29 is 33.3 Å². The van der Waals surface area contributed by atoms with Crippen molar-refractivity contribution in [3.05, 3.63) is 84.1 Å². The minimum atomic E-state index is -0.759. The Morgan fingerprint density at radius 3 is 2.08 bits per heavy atom. The molecule has 260 valence electrons. The first-order valence-electron chi connectivity index (χ1n) is 15.8. The minimum absolute atomic E-state index is 0.00568. The summed E-state index contributed by atoms with van der Waals surface area (Å²) < 4.78 is 27.8. The second-order valence-corrected chi connectivity index (χ2v) is 10.8. The number of rotatable bonds is 16. The SMILES string of the molecule is CCN(CC)CCN(C)C(=O)c1ccc(Nc2nccc(N(Cc3cc(OC)ccc3OC)C(=O)Oc3c(OC)cccc3OC)n2)cc1. The largest absolute Gasteiger partial charge is 0.497 e. The molecule has 3 aromatic carbocycles. The van der Waals surface area contributed by atoms with E-state index in [4.69, 9.17) is 23.7 Å². The summed E-state index contributed by atoms with van der Waals surface area (Å²) in [6.07, 6.45) is 0.769. The number of amides is 2. The van der Waals surface area contributed by atoms with Gasteiger partial charge in [0.2, 0.25) is 11.7 Å². The zero-order valence-corrected chi connectivity index (χ0v) is 29.1. The van der Waals surface area contributed by atoms with Gasteiger partial charge in [0.25, 0.3) is 5.91 Å². The van der Waals surface area contributed by atoms with Gasteiger partial charge >= 0.3 is 6.09 Å². The zero-order chi connectivity index (χ0) is 35.3. The first-order valence-corrected chi connectivity index (χ1v) is 15.8. The standard InChI is InChI=1S/C36H44N6O7/c1-8-41(9-2)22-21-40(3)34(43)25-13-15-27(16-14-25)38-35-37-20-19-32(39-35)42(24-26-23-28(45-4)17-18-29(26)46-5)36(44)49-33-30(47-6)11-10-12-31(33)48-7/h10-20,23H,8-9,21-22,24H2,1-7H3,(H,37,38,39). The van der Waals surface area contributed by atoms with Crippen LogP contribution in [0.1, 0.15) is 29.8 Å². The molecule has 4 aromatic rings. The van der Waals surface area contributed by atoms with Crippen molar-refractivity contribution in [3.8, 4) is 28.7 Å². The summed E-state index contributed by atoms with van der Waals surface area (Å²) in [7, 11) is 7.86. The zero-order valence-electron chi connectivity index (χ0n) is 29.1. The highest BCUT2D eigenvalue weighted by atomic mass is 16.6. The fourth-order valence-electron chi connectivity index (χ4n) is 5.01. The van der Waals surface area contributed by atoms with Crippen LogP contribution >= 0.6 is 0 Å². The van der Waals surface area contributed by atoms with Gasteiger partial charge in [0.05, 0.1) is 35.0 Å². The van der Waals surface area contributed by atoms with Crippen LogP contribution < -0.4 is 33.9 Å². The normalized spacial score (nSPS) is 10.7. The Morgan fingerprint density at radius 2 is 1.47 bits per heavy atom. The summed E-state index contributed by atoms with van der Waals surface area (Å²) >= 11 is 0. The minimum Gasteiger partial charge on any atom is -0.497 e. The predicted molar refractivity (Wildman–Crippen MR) is 188 cm³/mol. The Morgan fingerprint density at radius 1 is 0.796 bits per heavy atom. The number of para-hydroxylation sites is 1. The molecule has 13 heteroatoms. The Kier molecular flexibility index (Phi) is 13.0. The molecule has 0 spiro atoms. The quantitative estimate of drug-likeness (QED) is 0.153. The number of carbonyl (C=O) groups excluding carboxylic acids is 2. The van der Waals surface area contributed by atoms with E-state index in [1.807, 2.05) is 0 Å². The summed E-state index contributed by atoms with van der Waals surface area (Å²) in [6.45, 7) is 7.54. The van der Waals surface area contributed by atoms with Crippen molar-refractivity contribution in [2.75, 3.05) is 71.9 Å². The molecule has 0 aliphatic heterocycles. The number of hydrogen-bond acceptors (Lipinski definition) is 11. The molecule has 0 aliphatic carbocycles. The monoisotopic (exact) mass is 672 g/mol. The number of anilines is 3. The lowest BCUT2D eigenvalue weighted by atomic mass is 10.1. The van der Waals surface area contributed by atoms with E-state index in [0.29, 0.717) is 46.4 Å². The second kappa shape index (κ2) is 17.6. The highest BCUT2D eigenvalue weighted by Crippen LogP contribution is 2.38. The predicted octanol–water partition coefficient (Wildman–Crippen LogP) is 5.87. The van der Waals surface area contributed by atoms with Gasteiger partial charge < -0.3 is 38.8 Å². The molecule has 0 atom stereocenters. The molecule has 4 rings (SSSR count). The third-order valence-corrected chi connectivity index (χ3v) is 7.91. The van der Waals surface area contributed by atoms with Gasteiger partial charge in [-0.15, -0.1) is 0 Å². The smallest absolute Gasteiger partial charge is 0.421 e. The molecule has 0 saturated heterocycles. The lowest BCUT2D eigenvalue weighted by Gasteiger charge is -2.24. The third kappa shape index (κ3) is 9.29. The van der Waals surface area contributed by atoms with Gasteiger partial charge in [-0.25, -0.2) is 9.78 Å². The van der Waals surface area contributed by atoms with Crippen molar-refractivity contribution in [3.63, 3.8) is 0 Å². The van der Waals surface area contributed by atoms with E-state index in [1.165, 1.54) is 25.3 Å². The van der Waals surface area contributed by atoms with Crippen LogP contribution in [0.5, 0.6) is 28.7 Å². The summed E-state index contributed by atoms with van der Waals surface area (Å²) in [5.41, 5.74) is 1.86. The molecule has 0 bridgehead atoms. The van der Waals surface area contributed by atoms with Crippen LogP contribution in [0.2, 0.25) is 0 Å². The molecule has 1 heterocycles. The number of benzene rings is 3. The molecule has 13 nitrogen and oxygen atoms in total. The number of nitrogens with zero attached hydrogens (tertiary/aromatic N) is 5. The van der Waals surface area contributed by atoms with E-state index in [2.05, 4.69) is 34.0 Å². The number of likely N-dealkylation sites (N-methyl/N-ethyl adjacent to an activating group) is 2. The molecule has 1 aromatic heterocycles. The molecule has 0 radical (unpaired) electrons. The lowest BCUT2D eigenvalue weighted by molar-refractivity contribution is 0.0779. The van der Waals surface area contributed by atoms with Crippen molar-refractivity contribution in [2.24, 2.45) is 0 Å². The van der Waals surface area contributed by atoms with Gasteiger partial charge in [-0.2, -0.15) is 4.98 Å². The number of ether oxygens (including phenoxy) is 5. The van der Waals surface area contributed by atoms with Crippen LogP contribution in [0, 0.1) is 0 Å². The van der Waals surface area contributed by atoms with Gasteiger partial charge in [0, 0.05) is 43.1 Å². The molecule has 2 amide bonds. The molecule has 0 unspecified atom stereocenters. The van der Waals surface area contributed by atoms with Crippen molar-refractivity contribution in [2.45, 2.75) is 20.4 Å². The van der Waals surface area contributed by atoms with Gasteiger partial charge in [-0.3, -0.25) is 9.69 Å². The average molecular weight is 673 g/mol. The fourth-order valence-corrected chi connectivity index (χ4v) is 5.01. The third-order valence-electron chi connectivity index (χ3n) is 7.91. The molecule has 0 saturated carbocycles. The van der Waals surface area contributed by atoms with E-state index in [1.54, 1.807) is 92.9 Å². The number of hydrogen-bond donors (Lipinski definition) is 1. The Bertz CT molecular complexity index is 1680. The molecule has 49 heavy (non-hydrogen) atoms. The molecule has 0 aliphatic rings. The molecule has 1 N–H and O–H groups in total. The Balaban J connectivity index is 1.60. The lowest BCUT2D eigenvalue weighted by Crippen LogP contribution is -2.36. The van der Waals surface area contributed by atoms with Gasteiger partial charge in [-0.05, 0) is 73.8 Å². The summed E-state index contributed by atoms with van der Waals surface area (Å²) in [6, 6.07) is 19.0. The van der Waals surface area contributed by atoms with E-state index < -0.39 is 6.09 Å². The summed E-state index contributed by atoms with van der Waals surface area (Å²) in [5, 5.41) is 3.16. The molecular formula is C36H44N6O7. The molecular weight excluding hydrogens is 628 g/mol. The van der Waals surface area contributed by atoms with Crippen molar-refractivity contribution >= 4 is 29.5 Å². The van der Waals surface area contributed by atoms with E-state index in [0.717, 1.165) is 19.6 Å². The molecule has 0 fully saturated rings. The Labute approximate surface area is 287 Å². The van der Waals surface area contributed by atoms with Gasteiger partial charge in [-0.1, -0.05) is 19.9 Å². The maximum Gasteiger partial charge on any atom is 0.421 e. The maximum atomic E-state index is 14.0. The topological polar surface area (TPSA) is 128 Å². The van der Waals surface area contributed by atoms with E-state index in [-0.39, 0.29) is 30.0 Å². The van der Waals surface area contributed by atoms with Crippen molar-refractivity contribution in [1.29, 1.82) is 0 Å². The maximum absolute atomic E-state index is 14.0. The van der Waals surface area contributed by atoms with Crippen LogP contribution in [0.3, 0.4) is 0 Å². The van der Waals surface area contributed by atoms with Crippen LogP contribution in [0.25, 0.3) is 0 Å². The van der Waals surface area contributed by atoms with Crippen LogP contribution in [-0.2, 0) is 6.54 Å². The first-order chi connectivity index (χ1) is 23.7. The van der Waals surface area contributed by atoms with Gasteiger partial charge in [0.15, 0.2) is 11.5 Å². The number of nitrogens with one attached hydrogen (secondary N) is 1. The average Bonchev–Trinajstić information content (AvgIpc) is 3.14. The first kappa shape index (κ1) is 36.3. The highest BCUT2D eigenvalue weighted by molar-refractivity contribution is 5.94. The fraction of sp³-hybridized carbons (Fsp3) is 0.333. The van der Waals surface area contributed by atoms with Crippen LogP contribution in [-0.4, -0.2) is 93.4 Å². The number of aromatic nitrogens is 2. The number of methoxy groups -OCH3 is 4. The van der Waals surface area contributed by atoms with Crippen LogP contribution in [0.15, 0.2) is 72.9 Å². The second-order valence-electron chi connectivity index (χ2n) is 10.8.